The highest BCUT2D eigenvalue weighted by Crippen LogP contribution is 2.23. The highest BCUT2D eigenvalue weighted by atomic mass is 35.5. The van der Waals surface area contributed by atoms with Crippen molar-refractivity contribution in [1.82, 2.24) is 39.8 Å². The van der Waals surface area contributed by atoms with Gasteiger partial charge in [0.05, 0.1) is 25.0 Å². The van der Waals surface area contributed by atoms with Gasteiger partial charge in [-0.05, 0) is 44.6 Å². The lowest BCUT2D eigenvalue weighted by Crippen LogP contribution is -2.53. The molecule has 3 amide bonds. The zero-order chi connectivity index (χ0) is 28.8. The van der Waals surface area contributed by atoms with Gasteiger partial charge in [-0.2, -0.15) is 5.10 Å². The molecule has 1 fully saturated rings. The van der Waals surface area contributed by atoms with Gasteiger partial charge in [-0.25, -0.2) is 14.6 Å². The van der Waals surface area contributed by atoms with Crippen molar-refractivity contribution in [2.24, 2.45) is 5.73 Å². The fourth-order valence-corrected chi connectivity index (χ4v) is 5.79. The number of aryl methyl sites for hydroxylation is 1. The van der Waals surface area contributed by atoms with Crippen molar-refractivity contribution < 1.29 is 14.4 Å². The Hall–Kier alpha value is -3.48. The summed E-state index contributed by atoms with van der Waals surface area (Å²) in [5, 5.41) is 7.86. The molecular formula is C29H41Cl2N9O3. The summed E-state index contributed by atoms with van der Waals surface area (Å²) < 4.78 is 1.79. The molecule has 4 heterocycles. The van der Waals surface area contributed by atoms with Crippen LogP contribution in [0, 0.1) is 6.92 Å². The number of hydrogen-bond donors (Lipinski definition) is 3. The molecule has 12 nitrogen and oxygen atoms in total. The third-order valence-corrected chi connectivity index (χ3v) is 7.87. The van der Waals surface area contributed by atoms with E-state index in [1.54, 1.807) is 27.0 Å². The van der Waals surface area contributed by atoms with Crippen molar-refractivity contribution in [3.8, 4) is 0 Å². The quantitative estimate of drug-likeness (QED) is 0.389. The summed E-state index contributed by atoms with van der Waals surface area (Å²) in [6.07, 6.45) is 7.18. The number of aromatic nitrogens is 5. The number of H-pyrrole nitrogens is 1. The molecule has 0 aliphatic carbocycles. The van der Waals surface area contributed by atoms with Gasteiger partial charge >= 0.3 is 0 Å². The fraction of sp³-hybridized carbons (Fsp3) is 0.517. The SMILES string of the molecule is Cc1nc2n(n1)CCN(C(=O)[C@@H](N)Cc1cnc[nH]1)CCCC(=O)N1CCCC[C@H]1C(=O)N[C@@H]2Cc1ccccc1.Cl.Cl. The second kappa shape index (κ2) is 15.8. The number of halogens is 2. The Morgan fingerprint density at radius 1 is 1.07 bits per heavy atom. The maximum atomic E-state index is 13.7. The zero-order valence-corrected chi connectivity index (χ0v) is 26.0. The monoisotopic (exact) mass is 633 g/mol. The summed E-state index contributed by atoms with van der Waals surface area (Å²) >= 11 is 0. The van der Waals surface area contributed by atoms with Gasteiger partial charge in [-0.1, -0.05) is 30.3 Å². The van der Waals surface area contributed by atoms with Crippen molar-refractivity contribution in [1.29, 1.82) is 0 Å². The number of aromatic amines is 1. The van der Waals surface area contributed by atoms with Crippen molar-refractivity contribution in [3.05, 3.63) is 65.8 Å². The molecule has 0 saturated carbocycles. The standard InChI is InChI=1S/C29H39N9O3.2ClH/c1-20-33-27-24(16-21-8-3-2-4-9-21)34-28(40)25-10-5-6-13-37(25)26(39)11-7-12-36(14-15-38(27)35-20)29(41)23(30)17-22-18-31-19-32-22;;/h2-4,8-9,18-19,23-25H,5-7,10-17,30H2,1H3,(H,31,32)(H,34,40);2*1H/t23-,24+,25-;;/m0../s1. The zero-order valence-electron chi connectivity index (χ0n) is 24.4. The second-order valence-corrected chi connectivity index (χ2v) is 10.9. The van der Waals surface area contributed by atoms with Crippen LogP contribution in [0.4, 0.5) is 0 Å². The van der Waals surface area contributed by atoms with E-state index in [-0.39, 0.29) is 49.0 Å². The molecule has 2 aliphatic heterocycles. The van der Waals surface area contributed by atoms with Crippen molar-refractivity contribution >= 4 is 42.5 Å². The van der Waals surface area contributed by atoms with E-state index in [4.69, 9.17) is 10.7 Å². The smallest absolute Gasteiger partial charge is 0.243 e. The molecule has 4 N–H and O–H groups in total. The average Bonchev–Trinajstić information content (AvgIpc) is 3.63. The summed E-state index contributed by atoms with van der Waals surface area (Å²) in [6, 6.07) is 8.18. The van der Waals surface area contributed by atoms with Crippen LogP contribution in [-0.2, 0) is 33.8 Å². The van der Waals surface area contributed by atoms with Gasteiger partial charge in [0.2, 0.25) is 17.7 Å². The van der Waals surface area contributed by atoms with Crippen LogP contribution in [0.1, 0.15) is 61.1 Å². The third kappa shape index (κ3) is 8.55. The van der Waals surface area contributed by atoms with Gasteiger partial charge < -0.3 is 25.8 Å². The predicted octanol–water partition coefficient (Wildman–Crippen LogP) is 2.13. The molecule has 3 atom stereocenters. The molecular weight excluding hydrogens is 593 g/mol. The first-order chi connectivity index (χ1) is 19.9. The first-order valence-corrected chi connectivity index (χ1v) is 14.5. The highest BCUT2D eigenvalue weighted by Gasteiger charge is 2.34. The van der Waals surface area contributed by atoms with E-state index in [0.717, 1.165) is 24.1 Å². The van der Waals surface area contributed by atoms with Crippen LogP contribution in [-0.4, -0.2) is 84.0 Å². The normalized spacial score (nSPS) is 20.4. The molecule has 0 bridgehead atoms. The number of carbonyl (C=O) groups excluding carboxylic acids is 3. The Labute approximate surface area is 264 Å². The molecule has 2 aliphatic rings. The van der Waals surface area contributed by atoms with Crippen LogP contribution in [0.5, 0.6) is 0 Å². The third-order valence-electron chi connectivity index (χ3n) is 7.87. The molecule has 0 unspecified atom stereocenters. The summed E-state index contributed by atoms with van der Waals surface area (Å²) in [5.74, 6) is 0.793. The summed E-state index contributed by atoms with van der Waals surface area (Å²) in [5.41, 5.74) is 8.17. The van der Waals surface area contributed by atoms with Crippen LogP contribution < -0.4 is 11.1 Å². The largest absolute Gasteiger partial charge is 0.348 e. The molecule has 2 aromatic heterocycles. The Morgan fingerprint density at radius 3 is 2.60 bits per heavy atom. The first-order valence-electron chi connectivity index (χ1n) is 14.5. The minimum Gasteiger partial charge on any atom is -0.348 e. The Kier molecular flexibility index (Phi) is 12.5. The minimum absolute atomic E-state index is 0. The van der Waals surface area contributed by atoms with Crippen LogP contribution in [0.3, 0.4) is 0 Å². The van der Waals surface area contributed by atoms with Crippen LogP contribution in [0.2, 0.25) is 0 Å². The van der Waals surface area contributed by atoms with Crippen molar-refractivity contribution in [2.75, 3.05) is 19.6 Å². The van der Waals surface area contributed by atoms with Gasteiger partial charge in [0.15, 0.2) is 0 Å². The van der Waals surface area contributed by atoms with E-state index in [0.29, 0.717) is 63.5 Å². The van der Waals surface area contributed by atoms with Crippen LogP contribution in [0.15, 0.2) is 42.9 Å². The molecule has 0 radical (unpaired) electrons. The number of imidazole rings is 1. The number of benzene rings is 1. The second-order valence-electron chi connectivity index (χ2n) is 10.9. The topological polar surface area (TPSA) is 155 Å². The predicted molar refractivity (Wildman–Crippen MR) is 166 cm³/mol. The van der Waals surface area contributed by atoms with E-state index < -0.39 is 18.1 Å². The molecule has 43 heavy (non-hydrogen) atoms. The molecule has 0 spiro atoms. The molecule has 1 aromatic carbocycles. The molecule has 234 valence electrons. The highest BCUT2D eigenvalue weighted by molar-refractivity contribution is 5.88. The van der Waals surface area contributed by atoms with Gasteiger partial charge in [0, 0.05) is 44.4 Å². The number of piperidine rings is 1. The van der Waals surface area contributed by atoms with Gasteiger partial charge in [0.25, 0.3) is 0 Å². The van der Waals surface area contributed by atoms with E-state index in [1.165, 1.54) is 0 Å². The van der Waals surface area contributed by atoms with E-state index in [1.807, 2.05) is 37.3 Å². The lowest BCUT2D eigenvalue weighted by Gasteiger charge is -2.36. The van der Waals surface area contributed by atoms with Crippen molar-refractivity contribution in [3.63, 3.8) is 0 Å². The van der Waals surface area contributed by atoms with Gasteiger partial charge in [0.1, 0.15) is 17.7 Å². The number of rotatable bonds is 5. The molecule has 14 heteroatoms. The lowest BCUT2D eigenvalue weighted by atomic mass is 9.99. The number of carbonyl (C=O) groups is 3. The summed E-state index contributed by atoms with van der Waals surface area (Å²) in [4.78, 5) is 55.7. The van der Waals surface area contributed by atoms with Gasteiger partial charge in [-0.3, -0.25) is 14.4 Å². The fourth-order valence-electron chi connectivity index (χ4n) is 5.79. The number of amides is 3. The molecule has 5 rings (SSSR count). The lowest BCUT2D eigenvalue weighted by molar-refractivity contribution is -0.143. The Bertz CT molecular complexity index is 1340. The maximum Gasteiger partial charge on any atom is 0.243 e. The van der Waals surface area contributed by atoms with E-state index in [9.17, 15) is 14.4 Å². The van der Waals surface area contributed by atoms with Crippen LogP contribution >= 0.6 is 24.8 Å². The Balaban J connectivity index is 0.00000253. The summed E-state index contributed by atoms with van der Waals surface area (Å²) in [7, 11) is 0. The minimum atomic E-state index is -0.751. The number of fused-ring (bicyclic) bond motifs is 2. The van der Waals surface area contributed by atoms with Gasteiger partial charge in [-0.15, -0.1) is 24.8 Å². The summed E-state index contributed by atoms with van der Waals surface area (Å²) in [6.45, 7) is 3.47. The van der Waals surface area contributed by atoms with Crippen LogP contribution in [0.25, 0.3) is 0 Å². The van der Waals surface area contributed by atoms with Crippen molar-refractivity contribution in [2.45, 2.75) is 76.5 Å². The molecule has 1 saturated heterocycles. The molecule has 3 aromatic rings. The number of nitrogens with one attached hydrogen (secondary N) is 2. The van der Waals surface area contributed by atoms with E-state index in [2.05, 4.69) is 20.4 Å². The number of hydrogen-bond acceptors (Lipinski definition) is 7. The maximum absolute atomic E-state index is 13.7. The average molecular weight is 635 g/mol. The van der Waals surface area contributed by atoms with E-state index >= 15 is 0 Å². The first kappa shape index (κ1) is 34.0. The number of nitrogens with zero attached hydrogens (tertiary/aromatic N) is 6. The number of nitrogens with two attached hydrogens (primary N) is 1. The Morgan fingerprint density at radius 2 is 1.86 bits per heavy atom.